The van der Waals surface area contributed by atoms with Crippen LogP contribution in [0.25, 0.3) is 0 Å². The highest BCUT2D eigenvalue weighted by molar-refractivity contribution is 9.10. The van der Waals surface area contributed by atoms with Crippen LogP contribution in [0.1, 0.15) is 11.5 Å². The molecule has 1 aromatic rings. The lowest BCUT2D eigenvalue weighted by Crippen LogP contribution is -2.22. The van der Waals surface area contributed by atoms with Crippen LogP contribution in [0.3, 0.4) is 0 Å². The smallest absolute Gasteiger partial charge is 0.312 e. The Bertz CT molecular complexity index is 454. The van der Waals surface area contributed by atoms with Crippen LogP contribution in [0.5, 0.6) is 5.75 Å². The van der Waals surface area contributed by atoms with Crippen molar-refractivity contribution in [2.45, 2.75) is 5.92 Å². The molecule has 17 heavy (non-hydrogen) atoms. The number of carboxylic acid groups (broad SMARTS) is 1. The molecule has 1 unspecified atom stereocenters. The van der Waals surface area contributed by atoms with Crippen LogP contribution < -0.4 is 10.5 Å². The molecule has 0 aromatic heterocycles. The first-order valence-corrected chi connectivity index (χ1v) is 5.37. The fourth-order valence-corrected chi connectivity index (χ4v) is 1.84. The first-order chi connectivity index (χ1) is 7.93. The van der Waals surface area contributed by atoms with Gasteiger partial charge in [0.1, 0.15) is 0 Å². The average Bonchev–Trinajstić information content (AvgIpc) is 2.27. The summed E-state index contributed by atoms with van der Waals surface area (Å²) in [6.45, 7) is -0.247. The minimum Gasteiger partial charge on any atom is -0.493 e. The molecular formula is C10H10BrF2NO3. The lowest BCUT2D eigenvalue weighted by Gasteiger charge is -2.16. The van der Waals surface area contributed by atoms with E-state index in [-0.39, 0.29) is 16.6 Å². The summed E-state index contributed by atoms with van der Waals surface area (Å²) in [4.78, 5) is 10.9. The third kappa shape index (κ3) is 2.55. The molecule has 0 saturated heterocycles. The summed E-state index contributed by atoms with van der Waals surface area (Å²) >= 11 is 2.80. The Kier molecular flexibility index (Phi) is 4.41. The van der Waals surface area contributed by atoms with Gasteiger partial charge in [-0.15, -0.1) is 0 Å². The van der Waals surface area contributed by atoms with Crippen molar-refractivity contribution in [2.75, 3.05) is 13.7 Å². The van der Waals surface area contributed by atoms with Crippen LogP contribution >= 0.6 is 15.9 Å². The molecule has 3 N–H and O–H groups in total. The molecule has 0 spiro atoms. The minimum atomic E-state index is -1.24. The zero-order valence-corrected chi connectivity index (χ0v) is 10.4. The quantitative estimate of drug-likeness (QED) is 0.833. The zero-order chi connectivity index (χ0) is 13.2. The summed E-state index contributed by atoms with van der Waals surface area (Å²) in [6.07, 6.45) is 0. The van der Waals surface area contributed by atoms with Crippen molar-refractivity contribution < 1.29 is 23.4 Å². The van der Waals surface area contributed by atoms with E-state index < -0.39 is 29.3 Å². The van der Waals surface area contributed by atoms with Gasteiger partial charge < -0.3 is 15.6 Å². The molecule has 1 aromatic carbocycles. The molecule has 0 amide bonds. The number of ether oxygens (including phenoxy) is 1. The van der Waals surface area contributed by atoms with E-state index in [2.05, 4.69) is 15.9 Å². The molecule has 94 valence electrons. The van der Waals surface area contributed by atoms with Gasteiger partial charge in [-0.05, 0) is 22.0 Å². The number of carbonyl (C=O) groups is 1. The molecule has 0 aliphatic heterocycles. The lowest BCUT2D eigenvalue weighted by molar-refractivity contribution is -0.138. The maximum atomic E-state index is 13.5. The van der Waals surface area contributed by atoms with E-state index in [9.17, 15) is 13.6 Å². The van der Waals surface area contributed by atoms with Crippen molar-refractivity contribution in [2.24, 2.45) is 5.73 Å². The molecule has 7 heteroatoms. The second kappa shape index (κ2) is 5.42. The van der Waals surface area contributed by atoms with Crippen molar-refractivity contribution in [1.82, 2.24) is 0 Å². The van der Waals surface area contributed by atoms with Gasteiger partial charge in [0.05, 0.1) is 17.5 Å². The second-order valence-electron chi connectivity index (χ2n) is 3.24. The number of methoxy groups -OCH3 is 1. The average molecular weight is 310 g/mol. The molecule has 0 saturated carbocycles. The molecule has 0 aliphatic carbocycles. The monoisotopic (exact) mass is 309 g/mol. The molecule has 0 radical (unpaired) electrons. The summed E-state index contributed by atoms with van der Waals surface area (Å²) in [5.74, 6) is -5.20. The summed E-state index contributed by atoms with van der Waals surface area (Å²) in [5.41, 5.74) is 5.29. The Morgan fingerprint density at radius 3 is 2.59 bits per heavy atom. The number of nitrogens with two attached hydrogens (primary N) is 1. The van der Waals surface area contributed by atoms with Crippen molar-refractivity contribution in [3.05, 3.63) is 27.7 Å². The Labute approximate surface area is 104 Å². The van der Waals surface area contributed by atoms with E-state index in [0.29, 0.717) is 0 Å². The summed E-state index contributed by atoms with van der Waals surface area (Å²) in [7, 11) is 1.13. The molecule has 0 bridgehead atoms. The van der Waals surface area contributed by atoms with Crippen LogP contribution in [0.4, 0.5) is 8.78 Å². The zero-order valence-electron chi connectivity index (χ0n) is 8.84. The molecule has 1 atom stereocenters. The summed E-state index contributed by atoms with van der Waals surface area (Å²) in [6, 6.07) is 1.16. The Morgan fingerprint density at radius 1 is 1.59 bits per heavy atom. The van der Waals surface area contributed by atoms with Crippen LogP contribution in [-0.4, -0.2) is 24.7 Å². The molecule has 0 heterocycles. The third-order valence-electron chi connectivity index (χ3n) is 2.26. The van der Waals surface area contributed by atoms with Gasteiger partial charge in [-0.2, -0.15) is 4.39 Å². The fraction of sp³-hybridized carbons (Fsp3) is 0.300. The number of hydrogen-bond acceptors (Lipinski definition) is 3. The number of benzene rings is 1. The van der Waals surface area contributed by atoms with E-state index in [1.165, 1.54) is 0 Å². The van der Waals surface area contributed by atoms with Gasteiger partial charge in [0.15, 0.2) is 11.6 Å². The van der Waals surface area contributed by atoms with Crippen LogP contribution in [0.15, 0.2) is 10.5 Å². The highest BCUT2D eigenvalue weighted by atomic mass is 79.9. The van der Waals surface area contributed by atoms with Gasteiger partial charge >= 0.3 is 5.97 Å². The highest BCUT2D eigenvalue weighted by Crippen LogP contribution is 2.34. The predicted molar refractivity (Wildman–Crippen MR) is 60.0 cm³/mol. The van der Waals surface area contributed by atoms with E-state index in [4.69, 9.17) is 15.6 Å². The highest BCUT2D eigenvalue weighted by Gasteiger charge is 2.27. The number of aliphatic carboxylic acids is 1. The Balaban J connectivity index is 3.46. The van der Waals surface area contributed by atoms with Gasteiger partial charge in [-0.1, -0.05) is 0 Å². The fourth-order valence-electron chi connectivity index (χ4n) is 1.42. The van der Waals surface area contributed by atoms with Crippen molar-refractivity contribution in [3.8, 4) is 5.75 Å². The van der Waals surface area contributed by atoms with E-state index >= 15 is 0 Å². The van der Waals surface area contributed by atoms with Crippen LogP contribution in [-0.2, 0) is 4.79 Å². The number of rotatable bonds is 4. The minimum absolute atomic E-state index is 0.00623. The van der Waals surface area contributed by atoms with Gasteiger partial charge in [0.2, 0.25) is 5.82 Å². The van der Waals surface area contributed by atoms with Crippen molar-refractivity contribution >= 4 is 21.9 Å². The molecule has 0 aliphatic rings. The number of carboxylic acids is 1. The molecule has 1 rings (SSSR count). The number of halogens is 3. The van der Waals surface area contributed by atoms with E-state index in [0.717, 1.165) is 13.2 Å². The summed E-state index contributed by atoms with van der Waals surface area (Å²) < 4.78 is 31.3. The largest absolute Gasteiger partial charge is 0.493 e. The van der Waals surface area contributed by atoms with E-state index in [1.807, 2.05) is 0 Å². The van der Waals surface area contributed by atoms with Crippen molar-refractivity contribution in [3.63, 3.8) is 0 Å². The first kappa shape index (κ1) is 13.9. The maximum absolute atomic E-state index is 13.5. The van der Waals surface area contributed by atoms with Gasteiger partial charge in [0, 0.05) is 12.1 Å². The maximum Gasteiger partial charge on any atom is 0.312 e. The standard InChI is InChI=1S/C10H10BrF2NO3/c1-17-9-4(5(3-14)10(15)16)2-6(11)7(12)8(9)13/h2,5H,3,14H2,1H3,(H,15,16). The van der Waals surface area contributed by atoms with E-state index in [1.54, 1.807) is 0 Å². The Morgan fingerprint density at radius 2 is 2.18 bits per heavy atom. The molecule has 0 fully saturated rings. The lowest BCUT2D eigenvalue weighted by atomic mass is 9.98. The third-order valence-corrected chi connectivity index (χ3v) is 2.84. The van der Waals surface area contributed by atoms with Crippen molar-refractivity contribution in [1.29, 1.82) is 0 Å². The second-order valence-corrected chi connectivity index (χ2v) is 4.09. The molecule has 4 nitrogen and oxygen atoms in total. The van der Waals surface area contributed by atoms with Gasteiger partial charge in [-0.3, -0.25) is 4.79 Å². The van der Waals surface area contributed by atoms with Gasteiger partial charge in [0.25, 0.3) is 0 Å². The topological polar surface area (TPSA) is 72.5 Å². The Hall–Kier alpha value is -1.21. The SMILES string of the molecule is COc1c(C(CN)C(=O)O)cc(Br)c(F)c1F. The normalized spacial score (nSPS) is 12.3. The first-order valence-electron chi connectivity index (χ1n) is 4.58. The molecular weight excluding hydrogens is 300 g/mol. The van der Waals surface area contributed by atoms with Gasteiger partial charge in [-0.25, -0.2) is 4.39 Å². The predicted octanol–water partition coefficient (Wildman–Crippen LogP) is 1.86. The number of hydrogen-bond donors (Lipinski definition) is 2. The summed E-state index contributed by atoms with van der Waals surface area (Å²) in [5, 5.41) is 8.93. The van der Waals surface area contributed by atoms with Crippen LogP contribution in [0, 0.1) is 11.6 Å². The van der Waals surface area contributed by atoms with Crippen LogP contribution in [0.2, 0.25) is 0 Å².